The minimum Gasteiger partial charge on any atom is -0.394 e. The van der Waals surface area contributed by atoms with Crippen molar-refractivity contribution in [1.82, 2.24) is 14.5 Å². The Morgan fingerprint density at radius 2 is 2.50 bits per heavy atom. The number of nitrogens with zero attached hydrogens (tertiary/aromatic N) is 3. The van der Waals surface area contributed by atoms with E-state index in [2.05, 4.69) is 9.97 Å². The van der Waals surface area contributed by atoms with Crippen LogP contribution in [0.2, 0.25) is 0 Å². The van der Waals surface area contributed by atoms with Crippen molar-refractivity contribution in [1.29, 1.82) is 0 Å². The van der Waals surface area contributed by atoms with Crippen molar-refractivity contribution in [3.8, 4) is 0 Å². The van der Waals surface area contributed by atoms with Crippen molar-refractivity contribution in [2.24, 2.45) is 5.92 Å². The second-order valence-electron chi connectivity index (χ2n) is 3.95. The Morgan fingerprint density at radius 3 is 3.06 bits per heavy atom. The number of rotatable bonds is 2. The predicted molar refractivity (Wildman–Crippen MR) is 55.5 cm³/mol. The van der Waals surface area contributed by atoms with Crippen LogP contribution in [0.1, 0.15) is 19.6 Å². The van der Waals surface area contributed by atoms with Crippen LogP contribution in [0.3, 0.4) is 0 Å². The van der Waals surface area contributed by atoms with E-state index >= 15 is 0 Å². The monoisotopic (exact) mass is 226 g/mol. The molecule has 1 saturated heterocycles. The Bertz CT molecular complexity index is 433. The molecule has 88 valence electrons. The fraction of sp³-hybridized carbons (Fsp3) is 0.667. The second-order valence-corrected chi connectivity index (χ2v) is 3.95. The molecule has 0 aliphatic carbocycles. The summed E-state index contributed by atoms with van der Waals surface area (Å²) in [6.45, 7) is 1.90. The van der Waals surface area contributed by atoms with Crippen LogP contribution in [-0.4, -0.2) is 32.4 Å². The van der Waals surface area contributed by atoms with E-state index in [0.717, 1.165) is 0 Å². The molecule has 1 aromatic rings. The van der Waals surface area contributed by atoms with E-state index in [9.17, 15) is 4.79 Å². The van der Waals surface area contributed by atoms with Gasteiger partial charge in [0.1, 0.15) is 12.6 Å². The zero-order valence-corrected chi connectivity index (χ0v) is 8.91. The number of anilines is 1. The van der Waals surface area contributed by atoms with Crippen LogP contribution in [0.15, 0.2) is 11.1 Å². The third-order valence-electron chi connectivity index (χ3n) is 2.68. The van der Waals surface area contributed by atoms with E-state index in [-0.39, 0.29) is 24.6 Å². The molecule has 0 bridgehead atoms. The van der Waals surface area contributed by atoms with Crippen molar-refractivity contribution < 1.29 is 9.84 Å². The highest BCUT2D eigenvalue weighted by molar-refractivity contribution is 5.09. The van der Waals surface area contributed by atoms with Gasteiger partial charge in [0.25, 0.3) is 0 Å². The molecule has 1 aromatic heterocycles. The lowest BCUT2D eigenvalue weighted by Gasteiger charge is -2.16. The second kappa shape index (κ2) is 4.18. The molecule has 7 nitrogen and oxygen atoms in total. The highest BCUT2D eigenvalue weighted by atomic mass is 16.5. The first-order chi connectivity index (χ1) is 7.61. The van der Waals surface area contributed by atoms with Crippen LogP contribution >= 0.6 is 0 Å². The van der Waals surface area contributed by atoms with Gasteiger partial charge in [-0.05, 0) is 6.42 Å². The van der Waals surface area contributed by atoms with E-state index in [4.69, 9.17) is 15.6 Å². The van der Waals surface area contributed by atoms with E-state index in [1.54, 1.807) is 0 Å². The smallest absolute Gasteiger partial charge is 0.354 e. The molecule has 1 aliphatic heterocycles. The zero-order valence-electron chi connectivity index (χ0n) is 8.91. The molecule has 1 aliphatic rings. The average Bonchev–Trinajstić information content (AvgIpc) is 2.60. The minimum atomic E-state index is -0.483. The molecule has 0 spiro atoms. The Kier molecular flexibility index (Phi) is 2.88. The van der Waals surface area contributed by atoms with Crippen LogP contribution < -0.4 is 11.4 Å². The predicted octanol–water partition coefficient (Wildman–Crippen LogP) is -0.864. The fourth-order valence-corrected chi connectivity index (χ4v) is 1.91. The normalized spacial score (nSPS) is 29.5. The maximum atomic E-state index is 11.6. The van der Waals surface area contributed by atoms with Gasteiger partial charge in [-0.15, -0.1) is 0 Å². The number of hydrogen-bond donors (Lipinski definition) is 2. The molecule has 16 heavy (non-hydrogen) atoms. The topological polar surface area (TPSA) is 103 Å². The molecule has 3 N–H and O–H groups in total. The van der Waals surface area contributed by atoms with Gasteiger partial charge in [-0.1, -0.05) is 6.92 Å². The van der Waals surface area contributed by atoms with Gasteiger partial charge in [0.05, 0.1) is 12.7 Å². The summed E-state index contributed by atoms with van der Waals surface area (Å²) in [5, 5.41) is 9.00. The summed E-state index contributed by atoms with van der Waals surface area (Å²) in [6.07, 6.45) is 1.37. The van der Waals surface area contributed by atoms with Gasteiger partial charge < -0.3 is 15.6 Å². The summed E-state index contributed by atoms with van der Waals surface area (Å²) in [5.41, 5.74) is 4.81. The van der Waals surface area contributed by atoms with E-state index < -0.39 is 11.9 Å². The van der Waals surface area contributed by atoms with Crippen LogP contribution in [0, 0.1) is 5.92 Å². The zero-order chi connectivity index (χ0) is 11.7. The van der Waals surface area contributed by atoms with Crippen molar-refractivity contribution in [2.45, 2.75) is 25.7 Å². The summed E-state index contributed by atoms with van der Waals surface area (Å²) in [6, 6.07) is 0. The van der Waals surface area contributed by atoms with Crippen molar-refractivity contribution >= 4 is 5.95 Å². The molecule has 3 atom stereocenters. The summed E-state index contributed by atoms with van der Waals surface area (Å²) in [5.74, 6) is 0.0766. The standard InChI is InChI=1S/C9H14N4O3/c1-5-2-6(3-14)16-7(5)13-4-11-8(10)12-9(13)15/h4-7,14H,2-3H2,1H3,(H2,10,12,15). The third kappa shape index (κ3) is 1.91. The van der Waals surface area contributed by atoms with Gasteiger partial charge in [0.2, 0.25) is 5.95 Å². The lowest BCUT2D eigenvalue weighted by Crippen LogP contribution is -2.30. The SMILES string of the molecule is CC1CC(CO)OC1n1cnc(N)nc1=O. The van der Waals surface area contributed by atoms with Gasteiger partial charge in [0.15, 0.2) is 0 Å². The highest BCUT2D eigenvalue weighted by Crippen LogP contribution is 2.32. The number of ether oxygens (including phenoxy) is 1. The Hall–Kier alpha value is -1.47. The summed E-state index contributed by atoms with van der Waals surface area (Å²) < 4.78 is 6.82. The molecular formula is C9H14N4O3. The molecule has 0 saturated carbocycles. The molecule has 2 heterocycles. The Labute approximate surface area is 91.9 Å². The van der Waals surface area contributed by atoms with Crippen molar-refractivity contribution in [3.05, 3.63) is 16.8 Å². The summed E-state index contributed by atoms with van der Waals surface area (Å²) in [7, 11) is 0. The number of aromatic nitrogens is 3. The maximum absolute atomic E-state index is 11.6. The van der Waals surface area contributed by atoms with E-state index in [1.807, 2.05) is 6.92 Å². The van der Waals surface area contributed by atoms with E-state index in [0.29, 0.717) is 6.42 Å². The largest absolute Gasteiger partial charge is 0.394 e. The lowest BCUT2D eigenvalue weighted by molar-refractivity contribution is -0.0341. The highest BCUT2D eigenvalue weighted by Gasteiger charge is 2.33. The van der Waals surface area contributed by atoms with Gasteiger partial charge in [0, 0.05) is 5.92 Å². The molecule has 2 rings (SSSR count). The van der Waals surface area contributed by atoms with Crippen molar-refractivity contribution in [2.75, 3.05) is 12.3 Å². The van der Waals surface area contributed by atoms with Gasteiger partial charge in [-0.3, -0.25) is 4.57 Å². The number of aliphatic hydroxyl groups excluding tert-OH is 1. The van der Waals surface area contributed by atoms with Crippen LogP contribution in [-0.2, 0) is 4.74 Å². The first kappa shape index (κ1) is 11.0. The van der Waals surface area contributed by atoms with E-state index in [1.165, 1.54) is 10.9 Å². The van der Waals surface area contributed by atoms with Crippen LogP contribution in [0.5, 0.6) is 0 Å². The first-order valence-electron chi connectivity index (χ1n) is 5.08. The molecule has 0 amide bonds. The Balaban J connectivity index is 2.28. The summed E-state index contributed by atoms with van der Waals surface area (Å²) in [4.78, 5) is 18.8. The first-order valence-corrected chi connectivity index (χ1v) is 5.08. The fourth-order valence-electron chi connectivity index (χ4n) is 1.91. The van der Waals surface area contributed by atoms with Gasteiger partial charge >= 0.3 is 5.69 Å². The summed E-state index contributed by atoms with van der Waals surface area (Å²) >= 11 is 0. The number of hydrogen-bond acceptors (Lipinski definition) is 6. The maximum Gasteiger partial charge on any atom is 0.354 e. The van der Waals surface area contributed by atoms with Crippen LogP contribution in [0.25, 0.3) is 0 Å². The lowest BCUT2D eigenvalue weighted by atomic mass is 10.1. The molecule has 7 heteroatoms. The van der Waals surface area contributed by atoms with Gasteiger partial charge in [-0.2, -0.15) is 4.98 Å². The quantitative estimate of drug-likeness (QED) is 0.680. The Morgan fingerprint density at radius 1 is 1.75 bits per heavy atom. The molecule has 1 fully saturated rings. The minimum absolute atomic E-state index is 0.0502. The van der Waals surface area contributed by atoms with Crippen molar-refractivity contribution in [3.63, 3.8) is 0 Å². The van der Waals surface area contributed by atoms with Gasteiger partial charge in [-0.25, -0.2) is 9.78 Å². The molecular weight excluding hydrogens is 212 g/mol. The van der Waals surface area contributed by atoms with Crippen LogP contribution in [0.4, 0.5) is 5.95 Å². The number of aliphatic hydroxyl groups is 1. The number of nitrogens with two attached hydrogens (primary N) is 1. The molecule has 0 aromatic carbocycles. The molecule has 3 unspecified atom stereocenters. The number of nitrogen functional groups attached to an aromatic ring is 1. The average molecular weight is 226 g/mol. The third-order valence-corrected chi connectivity index (χ3v) is 2.68. The molecule has 0 radical (unpaired) electrons.